The third kappa shape index (κ3) is 4.79. The highest BCUT2D eigenvalue weighted by molar-refractivity contribution is 7.99. The summed E-state index contributed by atoms with van der Waals surface area (Å²) in [6.45, 7) is 4.10. The van der Waals surface area contributed by atoms with Gasteiger partial charge in [0.25, 0.3) is 5.91 Å². The standard InChI is InChI=1S/C21H20N2O3S2/c1-14-6-9-17(13-15(14)2)27-21-19(5-4-12-22-21)20(24)23-16-7-10-18(11-8-16)28(3,25)26/h4-13H,1-3H3,(H,23,24). The summed E-state index contributed by atoms with van der Waals surface area (Å²) in [5, 5.41) is 3.40. The molecule has 28 heavy (non-hydrogen) atoms. The van der Waals surface area contributed by atoms with E-state index in [0.717, 1.165) is 11.2 Å². The first-order valence-corrected chi connectivity index (χ1v) is 11.3. The van der Waals surface area contributed by atoms with Crippen LogP contribution in [0.5, 0.6) is 0 Å². The van der Waals surface area contributed by atoms with Gasteiger partial charge in [-0.2, -0.15) is 0 Å². The quantitative estimate of drug-likeness (QED) is 0.667. The third-order valence-corrected chi connectivity index (χ3v) is 6.39. The first-order chi connectivity index (χ1) is 13.2. The molecule has 7 heteroatoms. The van der Waals surface area contributed by atoms with Crippen molar-refractivity contribution in [2.45, 2.75) is 28.7 Å². The van der Waals surface area contributed by atoms with E-state index in [1.54, 1.807) is 30.5 Å². The highest BCUT2D eigenvalue weighted by Gasteiger charge is 2.15. The monoisotopic (exact) mass is 412 g/mol. The molecule has 0 saturated heterocycles. The van der Waals surface area contributed by atoms with Crippen LogP contribution in [0.4, 0.5) is 5.69 Å². The van der Waals surface area contributed by atoms with Crippen LogP contribution >= 0.6 is 11.8 Å². The van der Waals surface area contributed by atoms with Gasteiger partial charge in [0.05, 0.1) is 10.5 Å². The summed E-state index contributed by atoms with van der Waals surface area (Å²) in [5.41, 5.74) is 3.36. The smallest absolute Gasteiger partial charge is 0.258 e. The van der Waals surface area contributed by atoms with Gasteiger partial charge in [-0.15, -0.1) is 0 Å². The minimum absolute atomic E-state index is 0.206. The van der Waals surface area contributed by atoms with E-state index in [-0.39, 0.29) is 10.8 Å². The number of rotatable bonds is 5. The topological polar surface area (TPSA) is 76.1 Å². The van der Waals surface area contributed by atoms with E-state index in [9.17, 15) is 13.2 Å². The van der Waals surface area contributed by atoms with Gasteiger partial charge >= 0.3 is 0 Å². The Kier molecular flexibility index (Phi) is 5.86. The summed E-state index contributed by atoms with van der Waals surface area (Å²) < 4.78 is 23.1. The summed E-state index contributed by atoms with van der Waals surface area (Å²) in [6, 6.07) is 15.6. The zero-order valence-corrected chi connectivity index (χ0v) is 17.4. The van der Waals surface area contributed by atoms with E-state index in [1.807, 2.05) is 19.1 Å². The van der Waals surface area contributed by atoms with Crippen molar-refractivity contribution in [2.75, 3.05) is 11.6 Å². The number of aryl methyl sites for hydroxylation is 2. The Morgan fingerprint density at radius 1 is 1.00 bits per heavy atom. The molecule has 2 aromatic carbocycles. The second kappa shape index (κ2) is 8.16. The summed E-state index contributed by atoms with van der Waals surface area (Å²) in [4.78, 5) is 18.3. The lowest BCUT2D eigenvalue weighted by molar-refractivity contribution is 0.102. The SMILES string of the molecule is Cc1ccc(Sc2ncccc2C(=O)Nc2ccc(S(C)(=O)=O)cc2)cc1C. The summed E-state index contributed by atoms with van der Waals surface area (Å²) in [6.07, 6.45) is 2.80. The molecule has 0 spiro atoms. The van der Waals surface area contributed by atoms with Crippen LogP contribution in [0, 0.1) is 13.8 Å². The van der Waals surface area contributed by atoms with Crippen molar-refractivity contribution in [2.24, 2.45) is 0 Å². The van der Waals surface area contributed by atoms with Gasteiger partial charge in [0.1, 0.15) is 5.03 Å². The fraction of sp³-hybridized carbons (Fsp3) is 0.143. The van der Waals surface area contributed by atoms with Crippen molar-refractivity contribution in [1.29, 1.82) is 0 Å². The van der Waals surface area contributed by atoms with Crippen molar-refractivity contribution in [3.05, 3.63) is 77.5 Å². The van der Waals surface area contributed by atoms with Gasteiger partial charge in [0, 0.05) is 23.0 Å². The van der Waals surface area contributed by atoms with Crippen LogP contribution in [-0.2, 0) is 9.84 Å². The average Bonchev–Trinajstić information content (AvgIpc) is 2.65. The van der Waals surface area contributed by atoms with Crippen molar-refractivity contribution in [1.82, 2.24) is 4.98 Å². The zero-order valence-electron chi connectivity index (χ0n) is 15.8. The number of hydrogen-bond acceptors (Lipinski definition) is 5. The Morgan fingerprint density at radius 3 is 2.36 bits per heavy atom. The van der Waals surface area contributed by atoms with Gasteiger partial charge in [-0.3, -0.25) is 4.79 Å². The third-order valence-electron chi connectivity index (χ3n) is 4.25. The summed E-state index contributed by atoms with van der Waals surface area (Å²) in [7, 11) is -3.27. The number of hydrogen-bond donors (Lipinski definition) is 1. The van der Waals surface area contributed by atoms with E-state index in [1.165, 1.54) is 35.0 Å². The highest BCUT2D eigenvalue weighted by Crippen LogP contribution is 2.30. The van der Waals surface area contributed by atoms with Crippen molar-refractivity contribution in [3.8, 4) is 0 Å². The van der Waals surface area contributed by atoms with Crippen LogP contribution in [0.3, 0.4) is 0 Å². The molecule has 0 aliphatic rings. The van der Waals surface area contributed by atoms with Gasteiger partial charge in [-0.05, 0) is 73.5 Å². The number of carbonyl (C=O) groups is 1. The van der Waals surface area contributed by atoms with E-state index in [0.29, 0.717) is 16.3 Å². The van der Waals surface area contributed by atoms with Crippen LogP contribution in [0.25, 0.3) is 0 Å². The predicted octanol–water partition coefficient (Wildman–Crippen LogP) is 4.51. The first-order valence-electron chi connectivity index (χ1n) is 8.55. The lowest BCUT2D eigenvalue weighted by Gasteiger charge is -2.10. The number of sulfone groups is 1. The second-order valence-electron chi connectivity index (χ2n) is 6.45. The molecule has 3 aromatic rings. The van der Waals surface area contributed by atoms with Gasteiger partial charge < -0.3 is 5.32 Å². The maximum Gasteiger partial charge on any atom is 0.258 e. The lowest BCUT2D eigenvalue weighted by Crippen LogP contribution is -2.13. The number of pyridine rings is 1. The fourth-order valence-electron chi connectivity index (χ4n) is 2.52. The maximum absolute atomic E-state index is 12.7. The predicted molar refractivity (Wildman–Crippen MR) is 112 cm³/mol. The molecule has 0 bridgehead atoms. The maximum atomic E-state index is 12.7. The van der Waals surface area contributed by atoms with Crippen LogP contribution in [0.15, 0.2) is 75.6 Å². The largest absolute Gasteiger partial charge is 0.322 e. The van der Waals surface area contributed by atoms with Crippen molar-refractivity contribution >= 4 is 33.2 Å². The van der Waals surface area contributed by atoms with Gasteiger partial charge in [-0.25, -0.2) is 13.4 Å². The minimum atomic E-state index is -3.27. The second-order valence-corrected chi connectivity index (χ2v) is 9.53. The van der Waals surface area contributed by atoms with E-state index in [2.05, 4.69) is 23.3 Å². The van der Waals surface area contributed by atoms with Crippen LogP contribution in [0.1, 0.15) is 21.5 Å². The summed E-state index contributed by atoms with van der Waals surface area (Å²) in [5.74, 6) is -0.300. The lowest BCUT2D eigenvalue weighted by atomic mass is 10.1. The molecule has 0 fully saturated rings. The normalized spacial score (nSPS) is 11.2. The van der Waals surface area contributed by atoms with Crippen molar-refractivity contribution in [3.63, 3.8) is 0 Å². The molecule has 0 atom stereocenters. The molecule has 3 rings (SSSR count). The average molecular weight is 413 g/mol. The van der Waals surface area contributed by atoms with E-state index < -0.39 is 9.84 Å². The molecule has 1 aromatic heterocycles. The van der Waals surface area contributed by atoms with Gasteiger partial charge in [0.2, 0.25) is 0 Å². The Bertz CT molecular complexity index is 1120. The first kappa shape index (κ1) is 20.1. The molecular weight excluding hydrogens is 392 g/mol. The Hall–Kier alpha value is -2.64. The minimum Gasteiger partial charge on any atom is -0.322 e. The molecule has 5 nitrogen and oxygen atoms in total. The molecule has 0 aliphatic heterocycles. The number of nitrogens with zero attached hydrogens (tertiary/aromatic N) is 1. The molecule has 0 saturated carbocycles. The number of amides is 1. The molecule has 0 radical (unpaired) electrons. The van der Waals surface area contributed by atoms with Gasteiger partial charge in [-0.1, -0.05) is 17.8 Å². The molecule has 1 amide bonds. The Morgan fingerprint density at radius 2 is 1.71 bits per heavy atom. The molecule has 0 unspecified atom stereocenters. The number of nitrogens with one attached hydrogen (secondary N) is 1. The number of anilines is 1. The zero-order chi connectivity index (χ0) is 20.3. The van der Waals surface area contributed by atoms with Crippen LogP contribution in [-0.4, -0.2) is 25.6 Å². The fourth-order valence-corrected chi connectivity index (χ4v) is 4.13. The van der Waals surface area contributed by atoms with E-state index >= 15 is 0 Å². The Balaban J connectivity index is 1.81. The van der Waals surface area contributed by atoms with Gasteiger partial charge in [0.15, 0.2) is 9.84 Å². The molecular formula is C21H20N2O3S2. The van der Waals surface area contributed by atoms with Crippen LogP contribution in [0.2, 0.25) is 0 Å². The number of carbonyl (C=O) groups excluding carboxylic acids is 1. The van der Waals surface area contributed by atoms with Crippen LogP contribution < -0.4 is 5.32 Å². The number of aromatic nitrogens is 1. The molecule has 1 heterocycles. The molecule has 1 N–H and O–H groups in total. The van der Waals surface area contributed by atoms with E-state index in [4.69, 9.17) is 0 Å². The highest BCUT2D eigenvalue weighted by atomic mass is 32.2. The summed E-state index contributed by atoms with van der Waals surface area (Å²) >= 11 is 1.43. The number of benzene rings is 2. The Labute approximate surface area is 169 Å². The van der Waals surface area contributed by atoms with Crippen molar-refractivity contribution < 1.29 is 13.2 Å². The molecule has 0 aliphatic carbocycles. The molecule has 144 valence electrons.